The number of carbonyl (C=O) groups is 1. The lowest BCUT2D eigenvalue weighted by Crippen LogP contribution is -2.43. The lowest BCUT2D eigenvalue weighted by molar-refractivity contribution is -0.115. The largest absolute Gasteiger partial charge is 0.495 e. The molecule has 7 heteroatoms. The molecule has 22 heavy (non-hydrogen) atoms. The summed E-state index contributed by atoms with van der Waals surface area (Å²) in [5, 5.41) is 6.45. The first-order valence-electron chi connectivity index (χ1n) is 7.20. The number of benzene rings is 1. The fraction of sp³-hybridized carbons (Fsp3) is 0.533. The maximum absolute atomic E-state index is 12.0. The van der Waals surface area contributed by atoms with Gasteiger partial charge in [-0.25, -0.2) is 0 Å². The van der Waals surface area contributed by atoms with E-state index in [0.717, 1.165) is 0 Å². The fourth-order valence-corrected chi connectivity index (χ4v) is 2.46. The van der Waals surface area contributed by atoms with Crippen LogP contribution >= 0.6 is 11.6 Å². The lowest BCUT2D eigenvalue weighted by atomic mass is 10.2. The van der Waals surface area contributed by atoms with E-state index in [2.05, 4.69) is 10.6 Å². The Hall–Kier alpha value is -1.34. The van der Waals surface area contributed by atoms with Crippen molar-refractivity contribution in [3.63, 3.8) is 0 Å². The Morgan fingerprint density at radius 1 is 1.45 bits per heavy atom. The van der Waals surface area contributed by atoms with Crippen LogP contribution in [0, 0.1) is 0 Å². The van der Waals surface area contributed by atoms with Crippen LogP contribution in [-0.2, 0) is 14.3 Å². The van der Waals surface area contributed by atoms with Crippen molar-refractivity contribution in [3.05, 3.63) is 23.2 Å². The summed E-state index contributed by atoms with van der Waals surface area (Å²) in [5.74, 6) is 0.375. The maximum atomic E-state index is 12.0. The third-order valence-electron chi connectivity index (χ3n) is 3.37. The number of amides is 1. The molecule has 2 rings (SSSR count). The van der Waals surface area contributed by atoms with E-state index in [1.807, 2.05) is 6.92 Å². The quantitative estimate of drug-likeness (QED) is 0.797. The molecule has 1 aliphatic heterocycles. The van der Waals surface area contributed by atoms with E-state index >= 15 is 0 Å². The Bertz CT molecular complexity index is 512. The molecule has 1 aromatic carbocycles. The molecule has 0 aliphatic carbocycles. The first-order chi connectivity index (χ1) is 10.6. The second-order valence-corrected chi connectivity index (χ2v) is 5.32. The second kappa shape index (κ2) is 8.33. The number of nitrogens with one attached hydrogen (secondary N) is 2. The van der Waals surface area contributed by atoms with Gasteiger partial charge in [-0.2, -0.15) is 0 Å². The van der Waals surface area contributed by atoms with Gasteiger partial charge in [0, 0.05) is 18.4 Å². The number of methoxy groups -OCH3 is 1. The van der Waals surface area contributed by atoms with Crippen LogP contribution in [0.3, 0.4) is 0 Å². The number of hydrogen-bond acceptors (Lipinski definition) is 5. The van der Waals surface area contributed by atoms with E-state index in [9.17, 15) is 4.79 Å². The molecular formula is C15H21ClN2O4. The highest BCUT2D eigenvalue weighted by Gasteiger charge is 2.28. The van der Waals surface area contributed by atoms with Crippen LogP contribution in [0.25, 0.3) is 0 Å². The van der Waals surface area contributed by atoms with Crippen molar-refractivity contribution in [3.8, 4) is 5.75 Å². The minimum Gasteiger partial charge on any atom is -0.495 e. The molecule has 2 N–H and O–H groups in total. The zero-order valence-electron chi connectivity index (χ0n) is 12.7. The van der Waals surface area contributed by atoms with Crippen LogP contribution < -0.4 is 15.4 Å². The van der Waals surface area contributed by atoms with Crippen LogP contribution in [-0.4, -0.2) is 51.5 Å². The Balaban J connectivity index is 1.83. The third kappa shape index (κ3) is 4.58. The number of hydrogen-bond donors (Lipinski definition) is 2. The molecule has 1 fully saturated rings. The molecule has 6 nitrogen and oxygen atoms in total. The van der Waals surface area contributed by atoms with E-state index in [4.69, 9.17) is 25.8 Å². The highest BCUT2D eigenvalue weighted by molar-refractivity contribution is 6.32. The predicted octanol–water partition coefficient (Wildman–Crippen LogP) is 1.68. The van der Waals surface area contributed by atoms with Gasteiger partial charge in [-0.3, -0.25) is 4.79 Å². The second-order valence-electron chi connectivity index (χ2n) is 4.92. The highest BCUT2D eigenvalue weighted by atomic mass is 35.5. The van der Waals surface area contributed by atoms with Crippen molar-refractivity contribution in [1.82, 2.24) is 5.32 Å². The Morgan fingerprint density at radius 2 is 2.27 bits per heavy atom. The molecule has 0 unspecified atom stereocenters. The molecule has 2 atom stereocenters. The smallest absolute Gasteiger partial charge is 0.238 e. The van der Waals surface area contributed by atoms with Crippen molar-refractivity contribution in [2.45, 2.75) is 19.1 Å². The van der Waals surface area contributed by atoms with E-state index in [1.165, 1.54) is 7.11 Å². The van der Waals surface area contributed by atoms with Gasteiger partial charge in [-0.1, -0.05) is 11.6 Å². The van der Waals surface area contributed by atoms with Crippen molar-refractivity contribution < 1.29 is 19.0 Å². The van der Waals surface area contributed by atoms with Gasteiger partial charge in [-0.15, -0.1) is 0 Å². The SMILES string of the molecule is CCO[C@@H]1COC[C@H]1NCC(=O)Nc1ccc(Cl)c(OC)c1. The van der Waals surface area contributed by atoms with Crippen LogP contribution in [0.4, 0.5) is 5.69 Å². The summed E-state index contributed by atoms with van der Waals surface area (Å²) in [7, 11) is 1.53. The number of halogens is 1. The van der Waals surface area contributed by atoms with Crippen molar-refractivity contribution in [2.75, 3.05) is 38.8 Å². The van der Waals surface area contributed by atoms with E-state index in [0.29, 0.717) is 36.3 Å². The van der Waals surface area contributed by atoms with Crippen molar-refractivity contribution >= 4 is 23.2 Å². The molecular weight excluding hydrogens is 308 g/mol. The van der Waals surface area contributed by atoms with E-state index < -0.39 is 0 Å². The summed E-state index contributed by atoms with van der Waals surface area (Å²) in [4.78, 5) is 12.0. The summed E-state index contributed by atoms with van der Waals surface area (Å²) in [6.45, 7) is 3.86. The van der Waals surface area contributed by atoms with Crippen LogP contribution in [0.2, 0.25) is 5.02 Å². The summed E-state index contributed by atoms with van der Waals surface area (Å²) in [6.07, 6.45) is -0.00609. The number of anilines is 1. The van der Waals surface area contributed by atoms with E-state index in [-0.39, 0.29) is 24.6 Å². The molecule has 1 saturated heterocycles. The summed E-state index contributed by atoms with van der Waals surface area (Å²) in [5.41, 5.74) is 0.636. The van der Waals surface area contributed by atoms with Gasteiger partial charge in [0.1, 0.15) is 5.75 Å². The van der Waals surface area contributed by atoms with Gasteiger partial charge in [0.25, 0.3) is 0 Å². The van der Waals surface area contributed by atoms with E-state index in [1.54, 1.807) is 18.2 Å². The van der Waals surface area contributed by atoms with Crippen LogP contribution in [0.15, 0.2) is 18.2 Å². The summed E-state index contributed by atoms with van der Waals surface area (Å²) >= 11 is 5.95. The minimum atomic E-state index is -0.147. The molecule has 0 radical (unpaired) electrons. The fourth-order valence-electron chi connectivity index (χ4n) is 2.27. The first-order valence-corrected chi connectivity index (χ1v) is 7.58. The van der Waals surface area contributed by atoms with Gasteiger partial charge in [0.05, 0.1) is 44.0 Å². The molecule has 1 heterocycles. The average Bonchev–Trinajstić information content (AvgIpc) is 2.95. The molecule has 122 valence electrons. The van der Waals surface area contributed by atoms with Gasteiger partial charge < -0.3 is 24.8 Å². The van der Waals surface area contributed by atoms with Crippen molar-refractivity contribution in [2.24, 2.45) is 0 Å². The zero-order chi connectivity index (χ0) is 15.9. The van der Waals surface area contributed by atoms with Crippen LogP contribution in [0.1, 0.15) is 6.92 Å². The molecule has 0 saturated carbocycles. The minimum absolute atomic E-state index is 0.00609. The van der Waals surface area contributed by atoms with Crippen molar-refractivity contribution in [1.29, 1.82) is 0 Å². The Labute approximate surface area is 135 Å². The number of rotatable bonds is 7. The summed E-state index contributed by atoms with van der Waals surface area (Å²) < 4.78 is 16.0. The Kier molecular flexibility index (Phi) is 6.45. The van der Waals surface area contributed by atoms with Gasteiger partial charge >= 0.3 is 0 Å². The first kappa shape index (κ1) is 17.0. The Morgan fingerprint density at radius 3 is 3.00 bits per heavy atom. The van der Waals surface area contributed by atoms with Gasteiger partial charge in [0.2, 0.25) is 5.91 Å². The molecule has 1 amide bonds. The summed E-state index contributed by atoms with van der Waals surface area (Å²) in [6, 6.07) is 5.12. The number of ether oxygens (including phenoxy) is 3. The van der Waals surface area contributed by atoms with Gasteiger partial charge in [-0.05, 0) is 19.1 Å². The van der Waals surface area contributed by atoms with Gasteiger partial charge in [0.15, 0.2) is 0 Å². The average molecular weight is 329 g/mol. The maximum Gasteiger partial charge on any atom is 0.238 e. The lowest BCUT2D eigenvalue weighted by Gasteiger charge is -2.18. The monoisotopic (exact) mass is 328 g/mol. The molecule has 0 spiro atoms. The molecule has 0 aromatic heterocycles. The topological polar surface area (TPSA) is 68.8 Å². The van der Waals surface area contributed by atoms with Crippen LogP contribution in [0.5, 0.6) is 5.75 Å². The molecule has 0 bridgehead atoms. The molecule has 1 aliphatic rings. The number of carbonyl (C=O) groups excluding carboxylic acids is 1. The molecule has 1 aromatic rings. The zero-order valence-corrected chi connectivity index (χ0v) is 13.5. The third-order valence-corrected chi connectivity index (χ3v) is 3.68. The highest BCUT2D eigenvalue weighted by Crippen LogP contribution is 2.27. The normalized spacial score (nSPS) is 20.9. The standard InChI is InChI=1S/C15H21ClN2O4/c1-3-22-14-9-21-8-12(14)17-7-15(19)18-10-4-5-11(16)13(6-10)20-2/h4-6,12,14,17H,3,7-9H2,1-2H3,(H,18,19)/t12-,14-/m1/s1. The predicted molar refractivity (Wildman–Crippen MR) is 84.7 cm³/mol.